The number of anilines is 1. The summed E-state index contributed by atoms with van der Waals surface area (Å²) in [5.74, 6) is -2.86. The highest BCUT2D eigenvalue weighted by atomic mass is 19.2. The van der Waals surface area contributed by atoms with Gasteiger partial charge in [0.25, 0.3) is 0 Å². The van der Waals surface area contributed by atoms with Crippen LogP contribution in [0.4, 0.5) is 18.9 Å². The summed E-state index contributed by atoms with van der Waals surface area (Å²) in [5, 5.41) is 3.26. The molecule has 1 aliphatic rings. The van der Waals surface area contributed by atoms with E-state index in [1.54, 1.807) is 4.90 Å². The molecule has 0 saturated carbocycles. The van der Waals surface area contributed by atoms with Crippen LogP contribution in [0.5, 0.6) is 0 Å². The molecule has 2 rings (SSSR count). The molecule has 1 fully saturated rings. The van der Waals surface area contributed by atoms with E-state index < -0.39 is 17.5 Å². The highest BCUT2D eigenvalue weighted by molar-refractivity contribution is 5.48. The first-order valence-electron chi connectivity index (χ1n) is 5.71. The predicted octanol–water partition coefficient (Wildman–Crippen LogP) is 2.29. The lowest BCUT2D eigenvalue weighted by Crippen LogP contribution is -2.35. The smallest absolute Gasteiger partial charge is 0.161 e. The Hall–Kier alpha value is -1.23. The summed E-state index contributed by atoms with van der Waals surface area (Å²) < 4.78 is 39.6. The van der Waals surface area contributed by atoms with Crippen molar-refractivity contribution in [3.63, 3.8) is 0 Å². The maximum atomic E-state index is 13.6. The van der Waals surface area contributed by atoms with Crippen LogP contribution in [0.3, 0.4) is 0 Å². The van der Waals surface area contributed by atoms with Crippen LogP contribution in [0.2, 0.25) is 0 Å². The molecular weight excluding hydrogens is 229 g/mol. The topological polar surface area (TPSA) is 15.3 Å². The minimum atomic E-state index is -1.15. The number of nitrogens with zero attached hydrogens (tertiary/aromatic N) is 1. The van der Waals surface area contributed by atoms with Crippen LogP contribution in [0.25, 0.3) is 0 Å². The molecule has 2 nitrogen and oxygen atoms in total. The van der Waals surface area contributed by atoms with Gasteiger partial charge in [-0.3, -0.25) is 0 Å². The van der Waals surface area contributed by atoms with Crippen molar-refractivity contribution < 1.29 is 13.2 Å². The minimum absolute atomic E-state index is 0.138. The van der Waals surface area contributed by atoms with Gasteiger partial charge in [0.05, 0.1) is 5.69 Å². The number of hydrogen-bond acceptors (Lipinski definition) is 2. The fourth-order valence-corrected chi connectivity index (χ4v) is 2.08. The monoisotopic (exact) mass is 244 g/mol. The number of halogens is 3. The maximum Gasteiger partial charge on any atom is 0.161 e. The second-order valence-corrected chi connectivity index (χ2v) is 4.37. The Balaban J connectivity index is 2.28. The first kappa shape index (κ1) is 12.2. The van der Waals surface area contributed by atoms with Gasteiger partial charge >= 0.3 is 0 Å². The Morgan fingerprint density at radius 1 is 1.18 bits per heavy atom. The number of benzene rings is 1. The van der Waals surface area contributed by atoms with Crippen LogP contribution in [0, 0.1) is 17.5 Å². The molecule has 0 bridgehead atoms. The number of rotatable bonds is 1. The van der Waals surface area contributed by atoms with Gasteiger partial charge in [-0.25, -0.2) is 13.2 Å². The fourth-order valence-electron chi connectivity index (χ4n) is 2.08. The zero-order valence-electron chi connectivity index (χ0n) is 9.64. The quantitative estimate of drug-likeness (QED) is 0.762. The van der Waals surface area contributed by atoms with Gasteiger partial charge in [-0.05, 0) is 19.9 Å². The van der Waals surface area contributed by atoms with E-state index in [-0.39, 0.29) is 11.7 Å². The molecule has 0 spiro atoms. The van der Waals surface area contributed by atoms with Crippen molar-refractivity contribution in [3.8, 4) is 0 Å². The Labute approximate surface area is 98.4 Å². The first-order chi connectivity index (χ1) is 8.08. The molecule has 0 aliphatic carbocycles. The van der Waals surface area contributed by atoms with E-state index in [4.69, 9.17) is 0 Å². The molecule has 1 aromatic rings. The van der Waals surface area contributed by atoms with E-state index in [0.29, 0.717) is 19.2 Å². The molecule has 1 N–H and O–H groups in total. The fraction of sp³-hybridized carbons (Fsp3) is 0.500. The Kier molecular flexibility index (Phi) is 3.57. The summed E-state index contributed by atoms with van der Waals surface area (Å²) in [7, 11) is 0. The van der Waals surface area contributed by atoms with Gasteiger partial charge < -0.3 is 10.2 Å². The van der Waals surface area contributed by atoms with E-state index in [1.807, 2.05) is 6.92 Å². The van der Waals surface area contributed by atoms with E-state index in [2.05, 4.69) is 5.32 Å². The Morgan fingerprint density at radius 2 is 1.88 bits per heavy atom. The van der Waals surface area contributed by atoms with Crippen LogP contribution in [0.15, 0.2) is 12.1 Å². The summed E-state index contributed by atoms with van der Waals surface area (Å²) in [5.41, 5.74) is 0.138. The SMILES string of the molecule is CC1CN(c2cc(F)c(F)cc2F)CCCN1. The standard InChI is InChI=1S/C12H15F3N2/c1-8-7-17(4-2-3-16-8)12-6-10(14)9(13)5-11(12)15/h5-6,8,16H,2-4,7H2,1H3. The average Bonchev–Trinajstić information content (AvgIpc) is 2.48. The third-order valence-electron chi connectivity index (χ3n) is 2.92. The molecule has 1 heterocycles. The van der Waals surface area contributed by atoms with Gasteiger partial charge in [-0.2, -0.15) is 0 Å². The first-order valence-corrected chi connectivity index (χ1v) is 5.71. The zero-order valence-corrected chi connectivity index (χ0v) is 9.64. The van der Waals surface area contributed by atoms with Gasteiger partial charge in [0, 0.05) is 31.3 Å². The van der Waals surface area contributed by atoms with Crippen molar-refractivity contribution in [1.82, 2.24) is 5.32 Å². The predicted molar refractivity (Wildman–Crippen MR) is 60.6 cm³/mol. The molecule has 0 aromatic heterocycles. The van der Waals surface area contributed by atoms with E-state index in [0.717, 1.165) is 19.0 Å². The summed E-state index contributed by atoms with van der Waals surface area (Å²) in [6, 6.07) is 1.74. The highest BCUT2D eigenvalue weighted by Gasteiger charge is 2.19. The van der Waals surface area contributed by atoms with Crippen LogP contribution >= 0.6 is 0 Å². The second kappa shape index (κ2) is 4.96. The van der Waals surface area contributed by atoms with Crippen LogP contribution in [0.1, 0.15) is 13.3 Å². The number of hydrogen-bond donors (Lipinski definition) is 1. The largest absolute Gasteiger partial charge is 0.367 e. The summed E-state index contributed by atoms with van der Waals surface area (Å²) in [4.78, 5) is 1.75. The molecule has 1 aliphatic heterocycles. The zero-order chi connectivity index (χ0) is 12.4. The van der Waals surface area contributed by atoms with E-state index >= 15 is 0 Å². The third-order valence-corrected chi connectivity index (χ3v) is 2.92. The molecule has 1 saturated heterocycles. The molecule has 1 aromatic carbocycles. The molecular formula is C12H15F3N2. The van der Waals surface area contributed by atoms with Crippen molar-refractivity contribution in [2.45, 2.75) is 19.4 Å². The highest BCUT2D eigenvalue weighted by Crippen LogP contribution is 2.23. The Morgan fingerprint density at radius 3 is 2.65 bits per heavy atom. The molecule has 1 atom stereocenters. The number of nitrogens with one attached hydrogen (secondary N) is 1. The maximum absolute atomic E-state index is 13.6. The van der Waals surface area contributed by atoms with E-state index in [9.17, 15) is 13.2 Å². The van der Waals surface area contributed by atoms with Gasteiger partial charge in [-0.1, -0.05) is 0 Å². The van der Waals surface area contributed by atoms with Crippen molar-refractivity contribution in [3.05, 3.63) is 29.6 Å². The third kappa shape index (κ3) is 2.72. The van der Waals surface area contributed by atoms with Gasteiger partial charge in [0.15, 0.2) is 11.6 Å². The van der Waals surface area contributed by atoms with Crippen molar-refractivity contribution in [2.75, 3.05) is 24.5 Å². The van der Waals surface area contributed by atoms with Gasteiger partial charge in [0.2, 0.25) is 0 Å². The van der Waals surface area contributed by atoms with Crippen molar-refractivity contribution in [2.24, 2.45) is 0 Å². The summed E-state index contributed by atoms with van der Waals surface area (Å²) in [6.07, 6.45) is 0.850. The molecule has 5 heteroatoms. The van der Waals surface area contributed by atoms with Crippen LogP contribution in [-0.4, -0.2) is 25.7 Å². The van der Waals surface area contributed by atoms with Gasteiger partial charge in [-0.15, -0.1) is 0 Å². The summed E-state index contributed by atoms with van der Waals surface area (Å²) in [6.45, 7) is 4.06. The second-order valence-electron chi connectivity index (χ2n) is 4.37. The average molecular weight is 244 g/mol. The lowest BCUT2D eigenvalue weighted by atomic mass is 10.2. The van der Waals surface area contributed by atoms with Crippen molar-refractivity contribution in [1.29, 1.82) is 0 Å². The normalized spacial score (nSPS) is 21.4. The van der Waals surface area contributed by atoms with Crippen LogP contribution in [-0.2, 0) is 0 Å². The molecule has 17 heavy (non-hydrogen) atoms. The lowest BCUT2D eigenvalue weighted by molar-refractivity contribution is 0.493. The van der Waals surface area contributed by atoms with Crippen LogP contribution < -0.4 is 10.2 Å². The molecule has 94 valence electrons. The summed E-state index contributed by atoms with van der Waals surface area (Å²) >= 11 is 0. The van der Waals surface area contributed by atoms with Crippen molar-refractivity contribution >= 4 is 5.69 Å². The minimum Gasteiger partial charge on any atom is -0.367 e. The molecule has 0 amide bonds. The lowest BCUT2D eigenvalue weighted by Gasteiger charge is -2.25. The Bertz CT molecular complexity index is 409. The molecule has 1 unspecified atom stereocenters. The van der Waals surface area contributed by atoms with Gasteiger partial charge in [0.1, 0.15) is 5.82 Å². The van der Waals surface area contributed by atoms with E-state index in [1.165, 1.54) is 0 Å². The molecule has 0 radical (unpaired) electrons.